The minimum absolute atomic E-state index is 0.345. The fourth-order valence-corrected chi connectivity index (χ4v) is 1.45. The zero-order valence-electron chi connectivity index (χ0n) is 9.04. The average molecular weight is 198 g/mol. The summed E-state index contributed by atoms with van der Waals surface area (Å²) in [4.78, 5) is 0. The second-order valence-corrected chi connectivity index (χ2v) is 3.51. The number of anilines is 1. The highest BCUT2D eigenvalue weighted by atomic mass is 16.5. The Morgan fingerprint density at radius 1 is 1.50 bits per heavy atom. The molecule has 14 heavy (non-hydrogen) atoms. The van der Waals surface area contributed by atoms with Crippen LogP contribution in [0.4, 0.5) is 5.82 Å². The maximum atomic E-state index is 5.70. The Bertz CT molecular complexity index is 282. The number of ether oxygens (including phenoxy) is 1. The first-order chi connectivity index (χ1) is 6.66. The maximum absolute atomic E-state index is 5.70. The van der Waals surface area contributed by atoms with Crippen LogP contribution in [0.3, 0.4) is 0 Å². The molecule has 0 radical (unpaired) electrons. The molecule has 0 unspecified atom stereocenters. The Hall–Kier alpha value is -1.03. The van der Waals surface area contributed by atoms with Crippen LogP contribution in [0.5, 0.6) is 0 Å². The summed E-state index contributed by atoms with van der Waals surface area (Å²) in [5.74, 6) is 1.70. The van der Waals surface area contributed by atoms with E-state index < -0.39 is 0 Å². The number of aromatic nitrogens is 1. The molecule has 1 heterocycles. The van der Waals surface area contributed by atoms with Gasteiger partial charge >= 0.3 is 0 Å². The Morgan fingerprint density at radius 2 is 2.21 bits per heavy atom. The zero-order valence-corrected chi connectivity index (χ0v) is 9.04. The van der Waals surface area contributed by atoms with Gasteiger partial charge in [-0.2, -0.15) is 0 Å². The molecule has 0 saturated carbocycles. The lowest BCUT2D eigenvalue weighted by Gasteiger charge is -2.04. The molecule has 4 nitrogen and oxygen atoms in total. The zero-order chi connectivity index (χ0) is 10.6. The summed E-state index contributed by atoms with van der Waals surface area (Å²) < 4.78 is 10.4. The van der Waals surface area contributed by atoms with Gasteiger partial charge in [0.1, 0.15) is 5.76 Å². The SMILES string of the molecule is CCOCCc1onc(N)c1C(C)C. The maximum Gasteiger partial charge on any atom is 0.170 e. The highest BCUT2D eigenvalue weighted by Gasteiger charge is 2.16. The molecule has 0 aromatic carbocycles. The van der Waals surface area contributed by atoms with Crippen LogP contribution in [0.15, 0.2) is 4.52 Å². The van der Waals surface area contributed by atoms with Crippen LogP contribution in [0.2, 0.25) is 0 Å². The summed E-state index contributed by atoms with van der Waals surface area (Å²) in [6.07, 6.45) is 0.742. The summed E-state index contributed by atoms with van der Waals surface area (Å²) in [5.41, 5.74) is 6.72. The lowest BCUT2D eigenvalue weighted by Crippen LogP contribution is -2.01. The van der Waals surface area contributed by atoms with Gasteiger partial charge in [0.15, 0.2) is 5.82 Å². The second kappa shape index (κ2) is 5.00. The van der Waals surface area contributed by atoms with Crippen LogP contribution in [-0.2, 0) is 11.2 Å². The first kappa shape index (κ1) is 11.0. The lowest BCUT2D eigenvalue weighted by atomic mass is 10.0. The van der Waals surface area contributed by atoms with Crippen LogP contribution in [-0.4, -0.2) is 18.4 Å². The van der Waals surface area contributed by atoms with E-state index in [1.807, 2.05) is 6.92 Å². The number of hydrogen-bond donors (Lipinski definition) is 1. The van der Waals surface area contributed by atoms with Gasteiger partial charge in [-0.05, 0) is 12.8 Å². The third kappa shape index (κ3) is 2.48. The Balaban J connectivity index is 2.66. The van der Waals surface area contributed by atoms with E-state index in [1.54, 1.807) is 0 Å². The van der Waals surface area contributed by atoms with Gasteiger partial charge in [-0.1, -0.05) is 19.0 Å². The van der Waals surface area contributed by atoms with Crippen molar-refractivity contribution in [2.45, 2.75) is 33.1 Å². The molecule has 0 amide bonds. The van der Waals surface area contributed by atoms with E-state index in [1.165, 1.54) is 0 Å². The van der Waals surface area contributed by atoms with Crippen LogP contribution in [0.1, 0.15) is 38.0 Å². The van der Waals surface area contributed by atoms with Crippen molar-refractivity contribution >= 4 is 5.82 Å². The number of rotatable bonds is 5. The molecule has 0 aliphatic heterocycles. The minimum Gasteiger partial charge on any atom is -0.381 e. The van der Waals surface area contributed by atoms with E-state index >= 15 is 0 Å². The van der Waals surface area contributed by atoms with Gasteiger partial charge in [0, 0.05) is 18.6 Å². The Labute approximate surface area is 84.4 Å². The van der Waals surface area contributed by atoms with Crippen molar-refractivity contribution in [2.24, 2.45) is 0 Å². The van der Waals surface area contributed by atoms with Crippen molar-refractivity contribution < 1.29 is 9.26 Å². The molecular weight excluding hydrogens is 180 g/mol. The Morgan fingerprint density at radius 3 is 2.79 bits per heavy atom. The van der Waals surface area contributed by atoms with Crippen molar-refractivity contribution in [1.29, 1.82) is 0 Å². The van der Waals surface area contributed by atoms with Crippen molar-refractivity contribution in [3.05, 3.63) is 11.3 Å². The summed E-state index contributed by atoms with van der Waals surface area (Å²) in [6, 6.07) is 0. The summed E-state index contributed by atoms with van der Waals surface area (Å²) >= 11 is 0. The predicted octanol–water partition coefficient (Wildman–Crippen LogP) is 1.96. The quantitative estimate of drug-likeness (QED) is 0.735. The van der Waals surface area contributed by atoms with Crippen molar-refractivity contribution in [1.82, 2.24) is 5.16 Å². The van der Waals surface area contributed by atoms with E-state index in [0.29, 0.717) is 18.3 Å². The van der Waals surface area contributed by atoms with E-state index in [-0.39, 0.29) is 0 Å². The molecule has 0 spiro atoms. The number of hydrogen-bond acceptors (Lipinski definition) is 4. The monoisotopic (exact) mass is 198 g/mol. The molecule has 0 atom stereocenters. The van der Waals surface area contributed by atoms with Crippen LogP contribution in [0.25, 0.3) is 0 Å². The smallest absolute Gasteiger partial charge is 0.170 e. The first-order valence-electron chi connectivity index (χ1n) is 4.98. The van der Waals surface area contributed by atoms with E-state index in [0.717, 1.165) is 24.4 Å². The Kier molecular flexibility index (Phi) is 3.95. The van der Waals surface area contributed by atoms with Gasteiger partial charge in [-0.3, -0.25) is 0 Å². The van der Waals surface area contributed by atoms with Crippen LogP contribution in [0, 0.1) is 0 Å². The van der Waals surface area contributed by atoms with E-state index in [4.69, 9.17) is 15.0 Å². The predicted molar refractivity (Wildman–Crippen MR) is 55.2 cm³/mol. The molecule has 0 saturated heterocycles. The van der Waals surface area contributed by atoms with Crippen molar-refractivity contribution in [3.8, 4) is 0 Å². The molecule has 4 heteroatoms. The molecule has 0 aliphatic carbocycles. The van der Waals surface area contributed by atoms with Gasteiger partial charge in [-0.25, -0.2) is 0 Å². The van der Waals surface area contributed by atoms with E-state index in [2.05, 4.69) is 19.0 Å². The summed E-state index contributed by atoms with van der Waals surface area (Å²) in [6.45, 7) is 7.50. The second-order valence-electron chi connectivity index (χ2n) is 3.51. The molecule has 1 aromatic heterocycles. The first-order valence-corrected chi connectivity index (χ1v) is 4.98. The lowest BCUT2D eigenvalue weighted by molar-refractivity contribution is 0.145. The fourth-order valence-electron chi connectivity index (χ4n) is 1.45. The topological polar surface area (TPSA) is 61.3 Å². The molecular formula is C10H18N2O2. The molecule has 0 fully saturated rings. The van der Waals surface area contributed by atoms with Gasteiger partial charge < -0.3 is 15.0 Å². The van der Waals surface area contributed by atoms with E-state index in [9.17, 15) is 0 Å². The van der Waals surface area contributed by atoms with Crippen molar-refractivity contribution in [2.75, 3.05) is 18.9 Å². The summed E-state index contributed by atoms with van der Waals surface area (Å²) in [5, 5.41) is 3.76. The number of nitrogen functional groups attached to an aromatic ring is 1. The van der Waals surface area contributed by atoms with Crippen molar-refractivity contribution in [3.63, 3.8) is 0 Å². The highest BCUT2D eigenvalue weighted by Crippen LogP contribution is 2.25. The fraction of sp³-hybridized carbons (Fsp3) is 0.700. The standard InChI is InChI=1S/C10H18N2O2/c1-4-13-6-5-8-9(7(2)3)10(11)12-14-8/h7H,4-6H2,1-3H3,(H2,11,12). The molecule has 1 aromatic rings. The number of nitrogens with two attached hydrogens (primary N) is 1. The highest BCUT2D eigenvalue weighted by molar-refractivity contribution is 5.42. The normalized spacial score (nSPS) is 11.1. The third-order valence-electron chi connectivity index (χ3n) is 2.09. The van der Waals surface area contributed by atoms with Crippen LogP contribution >= 0.6 is 0 Å². The largest absolute Gasteiger partial charge is 0.381 e. The van der Waals surface area contributed by atoms with Crippen LogP contribution < -0.4 is 5.73 Å². The molecule has 80 valence electrons. The van der Waals surface area contributed by atoms with Gasteiger partial charge in [0.25, 0.3) is 0 Å². The van der Waals surface area contributed by atoms with Gasteiger partial charge in [-0.15, -0.1) is 0 Å². The van der Waals surface area contributed by atoms with Gasteiger partial charge in [0.05, 0.1) is 6.61 Å². The number of nitrogens with zero attached hydrogens (tertiary/aromatic N) is 1. The summed E-state index contributed by atoms with van der Waals surface area (Å²) in [7, 11) is 0. The third-order valence-corrected chi connectivity index (χ3v) is 2.09. The molecule has 0 aliphatic rings. The minimum atomic E-state index is 0.345. The average Bonchev–Trinajstić information content (AvgIpc) is 2.47. The molecule has 0 bridgehead atoms. The molecule has 2 N–H and O–H groups in total. The molecule has 1 rings (SSSR count). The van der Waals surface area contributed by atoms with Gasteiger partial charge in [0.2, 0.25) is 0 Å².